The minimum absolute atomic E-state index is 0.0589. The van der Waals surface area contributed by atoms with Gasteiger partial charge in [0.2, 0.25) is 0 Å². The second kappa shape index (κ2) is 14.2. The molecule has 0 saturated heterocycles. The number of rotatable bonds is 10. The monoisotopic (exact) mass is 740 g/mol. The predicted molar refractivity (Wildman–Crippen MR) is 242 cm³/mol. The van der Waals surface area contributed by atoms with Crippen LogP contribution in [0.5, 0.6) is 11.5 Å². The van der Waals surface area contributed by atoms with E-state index in [0.29, 0.717) is 0 Å². The molecule has 2 heterocycles. The second-order valence-corrected chi connectivity index (χ2v) is 16.6. The van der Waals surface area contributed by atoms with E-state index in [4.69, 9.17) is 4.74 Å². The Morgan fingerprint density at radius 1 is 0.544 bits per heavy atom. The SMILES string of the molecule is CCCCc1ccc(N2c3ccc(CCCC)cc3B3c4cc5c(cc4Oc4cccc2c43)-c2ccc(N(c3ccccc3)c3ccccc3)cc2C5(C)C)cc1. The van der Waals surface area contributed by atoms with Crippen LogP contribution in [0.25, 0.3) is 11.1 Å². The Hall–Kier alpha value is -6.00. The van der Waals surface area contributed by atoms with Crippen LogP contribution in [0, 0.1) is 0 Å². The fourth-order valence-corrected chi connectivity index (χ4v) is 9.70. The van der Waals surface area contributed by atoms with Crippen LogP contribution in [-0.2, 0) is 18.3 Å². The predicted octanol–water partition coefficient (Wildman–Crippen LogP) is 12.6. The highest BCUT2D eigenvalue weighted by atomic mass is 16.5. The first-order valence-electron chi connectivity index (χ1n) is 21.0. The van der Waals surface area contributed by atoms with Gasteiger partial charge in [0.05, 0.1) is 0 Å². The number of anilines is 6. The number of nitrogens with zero attached hydrogens (tertiary/aromatic N) is 2. The Morgan fingerprint density at radius 2 is 1.21 bits per heavy atom. The molecule has 0 fully saturated rings. The van der Waals surface area contributed by atoms with Crippen LogP contribution in [0.3, 0.4) is 0 Å². The van der Waals surface area contributed by atoms with Gasteiger partial charge in [0.15, 0.2) is 0 Å². The molecule has 280 valence electrons. The van der Waals surface area contributed by atoms with Crippen molar-refractivity contribution in [3.63, 3.8) is 0 Å². The van der Waals surface area contributed by atoms with Gasteiger partial charge in [-0.25, -0.2) is 0 Å². The van der Waals surface area contributed by atoms with E-state index in [1.165, 1.54) is 92.5 Å². The molecule has 1 aliphatic carbocycles. The number of hydrogen-bond donors (Lipinski definition) is 0. The van der Waals surface area contributed by atoms with Crippen molar-refractivity contribution in [3.05, 3.63) is 174 Å². The van der Waals surface area contributed by atoms with E-state index in [0.717, 1.165) is 41.4 Å². The Labute approximate surface area is 338 Å². The number of aryl methyl sites for hydroxylation is 2. The average Bonchev–Trinajstić information content (AvgIpc) is 3.46. The summed E-state index contributed by atoms with van der Waals surface area (Å²) >= 11 is 0. The second-order valence-electron chi connectivity index (χ2n) is 16.6. The van der Waals surface area contributed by atoms with Crippen LogP contribution in [0.1, 0.15) is 75.6 Å². The van der Waals surface area contributed by atoms with Crippen molar-refractivity contribution >= 4 is 57.2 Å². The van der Waals surface area contributed by atoms with Gasteiger partial charge in [-0.05, 0) is 148 Å². The van der Waals surface area contributed by atoms with Crippen molar-refractivity contribution in [2.45, 2.75) is 71.6 Å². The molecule has 3 aliphatic rings. The first-order valence-corrected chi connectivity index (χ1v) is 21.0. The lowest BCUT2D eigenvalue weighted by molar-refractivity contribution is 0.487. The molecule has 3 nitrogen and oxygen atoms in total. The normalized spacial score (nSPS) is 13.9. The van der Waals surface area contributed by atoms with Gasteiger partial charge in [-0.1, -0.05) is 119 Å². The van der Waals surface area contributed by atoms with Crippen molar-refractivity contribution in [1.29, 1.82) is 0 Å². The summed E-state index contributed by atoms with van der Waals surface area (Å²) in [6.07, 6.45) is 6.98. The lowest BCUT2D eigenvalue weighted by Crippen LogP contribution is -2.59. The van der Waals surface area contributed by atoms with E-state index in [1.807, 2.05) is 0 Å². The van der Waals surface area contributed by atoms with Gasteiger partial charge < -0.3 is 14.5 Å². The van der Waals surface area contributed by atoms with Crippen molar-refractivity contribution in [2.75, 3.05) is 9.80 Å². The first-order chi connectivity index (χ1) is 27.9. The van der Waals surface area contributed by atoms with Crippen LogP contribution in [0.15, 0.2) is 152 Å². The minimum Gasteiger partial charge on any atom is -0.458 e. The van der Waals surface area contributed by atoms with Gasteiger partial charge in [-0.15, -0.1) is 0 Å². The molecular formula is C53H49BN2O. The number of ether oxygens (including phenoxy) is 1. The molecule has 57 heavy (non-hydrogen) atoms. The van der Waals surface area contributed by atoms with Crippen LogP contribution >= 0.6 is 0 Å². The molecule has 0 spiro atoms. The minimum atomic E-state index is -0.222. The van der Waals surface area contributed by atoms with Gasteiger partial charge in [0.25, 0.3) is 6.71 Å². The van der Waals surface area contributed by atoms with Gasteiger partial charge in [-0.3, -0.25) is 0 Å². The number of para-hydroxylation sites is 2. The molecule has 0 radical (unpaired) electrons. The highest BCUT2D eigenvalue weighted by Crippen LogP contribution is 2.52. The summed E-state index contributed by atoms with van der Waals surface area (Å²) in [4.78, 5) is 4.84. The van der Waals surface area contributed by atoms with Crippen LogP contribution in [0.2, 0.25) is 0 Å². The quantitative estimate of drug-likeness (QED) is 0.130. The molecule has 10 rings (SSSR count). The molecule has 0 amide bonds. The standard InChI is InChI=1S/C53H49BN2O/c1-5-7-16-36-24-27-40(28-25-36)56-48-31-26-37(17-8-6-2)32-46(48)54-47-35-45-43(34-51(47)57-50-23-15-22-49(56)52(50)54)42-30-29-41(33-44(42)53(45,3)4)55(38-18-11-9-12-19-38)39-20-13-10-14-21-39/h9-15,18-35H,5-8,16-17H2,1-4H3. The summed E-state index contributed by atoms with van der Waals surface area (Å²) in [6, 6.07) is 56.4. The maximum Gasteiger partial charge on any atom is 0.256 e. The van der Waals surface area contributed by atoms with Crippen LogP contribution in [-0.4, -0.2) is 6.71 Å². The molecule has 4 heteroatoms. The molecule has 0 unspecified atom stereocenters. The molecule has 0 saturated carbocycles. The molecule has 0 atom stereocenters. The Balaban J connectivity index is 1.11. The highest BCUT2D eigenvalue weighted by Gasteiger charge is 2.45. The lowest BCUT2D eigenvalue weighted by atomic mass is 9.34. The lowest BCUT2D eigenvalue weighted by Gasteiger charge is -2.40. The average molecular weight is 741 g/mol. The zero-order valence-corrected chi connectivity index (χ0v) is 33.6. The molecule has 7 aromatic carbocycles. The van der Waals surface area contributed by atoms with Crippen LogP contribution in [0.4, 0.5) is 34.1 Å². The summed E-state index contributed by atoms with van der Waals surface area (Å²) in [6.45, 7) is 9.40. The van der Waals surface area contributed by atoms with Crippen LogP contribution < -0.4 is 30.9 Å². The summed E-state index contributed by atoms with van der Waals surface area (Å²) in [7, 11) is 0. The largest absolute Gasteiger partial charge is 0.458 e. The van der Waals surface area contributed by atoms with E-state index in [2.05, 4.69) is 189 Å². The third-order valence-corrected chi connectivity index (χ3v) is 12.7. The summed E-state index contributed by atoms with van der Waals surface area (Å²) in [5, 5.41) is 0. The van der Waals surface area contributed by atoms with Gasteiger partial charge in [0, 0.05) is 39.5 Å². The maximum atomic E-state index is 7.03. The molecular weight excluding hydrogens is 691 g/mol. The Kier molecular flexibility index (Phi) is 8.82. The van der Waals surface area contributed by atoms with Gasteiger partial charge in [-0.2, -0.15) is 0 Å². The van der Waals surface area contributed by atoms with Crippen molar-refractivity contribution in [3.8, 4) is 22.6 Å². The van der Waals surface area contributed by atoms with Crippen molar-refractivity contribution in [1.82, 2.24) is 0 Å². The smallest absolute Gasteiger partial charge is 0.256 e. The van der Waals surface area contributed by atoms with Crippen molar-refractivity contribution in [2.24, 2.45) is 0 Å². The van der Waals surface area contributed by atoms with E-state index in [9.17, 15) is 0 Å². The molecule has 2 aliphatic heterocycles. The molecule has 7 aromatic rings. The molecule has 0 N–H and O–H groups in total. The van der Waals surface area contributed by atoms with E-state index in [1.54, 1.807) is 0 Å². The Bertz CT molecular complexity index is 2570. The molecule has 0 aromatic heterocycles. The van der Waals surface area contributed by atoms with E-state index in [-0.39, 0.29) is 12.1 Å². The summed E-state index contributed by atoms with van der Waals surface area (Å²) in [5.74, 6) is 1.92. The number of unbranched alkanes of at least 4 members (excludes halogenated alkanes) is 2. The zero-order chi connectivity index (χ0) is 38.7. The fourth-order valence-electron chi connectivity index (χ4n) is 9.70. The van der Waals surface area contributed by atoms with Gasteiger partial charge >= 0.3 is 0 Å². The Morgan fingerprint density at radius 3 is 1.91 bits per heavy atom. The third kappa shape index (κ3) is 5.88. The summed E-state index contributed by atoms with van der Waals surface area (Å²) in [5.41, 5.74) is 18.8. The number of hydrogen-bond acceptors (Lipinski definition) is 3. The molecule has 0 bridgehead atoms. The number of fused-ring (bicyclic) bond motifs is 7. The van der Waals surface area contributed by atoms with Gasteiger partial charge in [0.1, 0.15) is 11.5 Å². The highest BCUT2D eigenvalue weighted by molar-refractivity contribution is 6.99. The third-order valence-electron chi connectivity index (χ3n) is 12.7. The van der Waals surface area contributed by atoms with Crippen molar-refractivity contribution < 1.29 is 4.74 Å². The topological polar surface area (TPSA) is 15.7 Å². The van der Waals surface area contributed by atoms with E-state index < -0.39 is 0 Å². The maximum absolute atomic E-state index is 7.03. The zero-order valence-electron chi connectivity index (χ0n) is 33.6. The fraction of sp³-hybridized carbons (Fsp3) is 0.208. The first kappa shape index (κ1) is 35.4. The number of benzene rings is 7. The van der Waals surface area contributed by atoms with E-state index >= 15 is 0 Å². The summed E-state index contributed by atoms with van der Waals surface area (Å²) < 4.78 is 7.03.